The molecule has 0 unspecified atom stereocenters. The summed E-state index contributed by atoms with van der Waals surface area (Å²) in [5.41, 5.74) is 0.966. The molecule has 0 saturated carbocycles. The van der Waals surface area contributed by atoms with Crippen molar-refractivity contribution in [3.63, 3.8) is 0 Å². The third-order valence-corrected chi connectivity index (χ3v) is 1.71. The van der Waals surface area contributed by atoms with Crippen molar-refractivity contribution in [3.05, 3.63) is 24.3 Å². The van der Waals surface area contributed by atoms with Crippen LogP contribution in [-0.4, -0.2) is 20.3 Å². The Morgan fingerprint density at radius 2 is 2.31 bits per heavy atom. The highest BCUT2D eigenvalue weighted by Crippen LogP contribution is 2.16. The van der Waals surface area contributed by atoms with Crippen molar-refractivity contribution in [3.8, 4) is 5.75 Å². The molecule has 13 heavy (non-hydrogen) atoms. The molecule has 1 aromatic rings. The second-order valence-corrected chi connectivity index (χ2v) is 2.70. The van der Waals surface area contributed by atoms with Crippen molar-refractivity contribution in [2.24, 2.45) is 0 Å². The number of benzene rings is 1. The third kappa shape index (κ3) is 3.32. The summed E-state index contributed by atoms with van der Waals surface area (Å²) in [4.78, 5) is 0. The zero-order valence-electron chi connectivity index (χ0n) is 7.72. The number of rotatable bonds is 5. The molecular formula is C10H14FNO. The molecule has 0 bridgehead atoms. The lowest BCUT2D eigenvalue weighted by molar-refractivity contribution is 0.415. The lowest BCUT2D eigenvalue weighted by Gasteiger charge is -2.06. The summed E-state index contributed by atoms with van der Waals surface area (Å²) in [6.45, 7) is 0.376. The van der Waals surface area contributed by atoms with Crippen LogP contribution < -0.4 is 10.1 Å². The van der Waals surface area contributed by atoms with Gasteiger partial charge in [0.05, 0.1) is 13.8 Å². The largest absolute Gasteiger partial charge is 0.497 e. The van der Waals surface area contributed by atoms with Crippen LogP contribution in [-0.2, 0) is 0 Å². The van der Waals surface area contributed by atoms with E-state index in [9.17, 15) is 4.39 Å². The first-order chi connectivity index (χ1) is 6.36. The molecule has 1 rings (SSSR count). The Morgan fingerprint density at radius 1 is 1.46 bits per heavy atom. The summed E-state index contributed by atoms with van der Waals surface area (Å²) >= 11 is 0. The Hall–Kier alpha value is -1.25. The van der Waals surface area contributed by atoms with Gasteiger partial charge < -0.3 is 10.1 Å². The van der Waals surface area contributed by atoms with Crippen LogP contribution in [0.15, 0.2) is 24.3 Å². The summed E-state index contributed by atoms with van der Waals surface area (Å²) in [6.07, 6.45) is 0.539. The lowest BCUT2D eigenvalue weighted by Crippen LogP contribution is -2.01. The van der Waals surface area contributed by atoms with Gasteiger partial charge in [-0.05, 0) is 18.6 Å². The maximum absolute atomic E-state index is 11.8. The van der Waals surface area contributed by atoms with Crippen LogP contribution in [0.25, 0.3) is 0 Å². The number of halogens is 1. The fraction of sp³-hybridized carbons (Fsp3) is 0.400. The zero-order valence-corrected chi connectivity index (χ0v) is 7.72. The molecule has 0 spiro atoms. The van der Waals surface area contributed by atoms with Crippen molar-refractivity contribution in [1.82, 2.24) is 0 Å². The SMILES string of the molecule is COc1cccc(NCCCF)c1. The van der Waals surface area contributed by atoms with Gasteiger partial charge in [-0.3, -0.25) is 4.39 Å². The predicted molar refractivity (Wildman–Crippen MR) is 52.1 cm³/mol. The summed E-state index contributed by atoms with van der Waals surface area (Å²) in [7, 11) is 1.63. The number of ether oxygens (including phenoxy) is 1. The van der Waals surface area contributed by atoms with Crippen LogP contribution >= 0.6 is 0 Å². The minimum absolute atomic E-state index is 0.281. The third-order valence-electron chi connectivity index (χ3n) is 1.71. The maximum Gasteiger partial charge on any atom is 0.120 e. The van der Waals surface area contributed by atoms with Crippen molar-refractivity contribution in [2.75, 3.05) is 25.6 Å². The van der Waals surface area contributed by atoms with Crippen LogP contribution in [0.3, 0.4) is 0 Å². The first-order valence-corrected chi connectivity index (χ1v) is 4.30. The Bertz CT molecular complexity index is 252. The molecule has 2 nitrogen and oxygen atoms in total. The smallest absolute Gasteiger partial charge is 0.120 e. The van der Waals surface area contributed by atoms with E-state index < -0.39 is 0 Å². The molecular weight excluding hydrogens is 169 g/mol. The summed E-state index contributed by atoms with van der Waals surface area (Å²) < 4.78 is 16.8. The van der Waals surface area contributed by atoms with Crippen molar-refractivity contribution in [2.45, 2.75) is 6.42 Å². The number of anilines is 1. The molecule has 0 amide bonds. The minimum Gasteiger partial charge on any atom is -0.497 e. The molecule has 1 aromatic carbocycles. The minimum atomic E-state index is -0.281. The quantitative estimate of drug-likeness (QED) is 0.708. The van der Waals surface area contributed by atoms with Gasteiger partial charge in [0.1, 0.15) is 5.75 Å². The van der Waals surface area contributed by atoms with E-state index in [0.29, 0.717) is 13.0 Å². The molecule has 0 aliphatic carbocycles. The lowest BCUT2D eigenvalue weighted by atomic mass is 10.3. The van der Waals surface area contributed by atoms with E-state index in [1.165, 1.54) is 0 Å². The average Bonchev–Trinajstić information content (AvgIpc) is 2.19. The highest BCUT2D eigenvalue weighted by atomic mass is 19.1. The van der Waals surface area contributed by atoms with Gasteiger partial charge in [0.2, 0.25) is 0 Å². The molecule has 0 aliphatic rings. The number of alkyl halides is 1. The van der Waals surface area contributed by atoms with E-state index in [2.05, 4.69) is 5.32 Å². The first kappa shape index (κ1) is 9.84. The predicted octanol–water partition coefficient (Wildman–Crippen LogP) is 2.47. The highest BCUT2D eigenvalue weighted by molar-refractivity contribution is 5.47. The number of methoxy groups -OCH3 is 1. The molecule has 3 heteroatoms. The van der Waals surface area contributed by atoms with E-state index in [1.807, 2.05) is 24.3 Å². The topological polar surface area (TPSA) is 21.3 Å². The van der Waals surface area contributed by atoms with Crippen LogP contribution in [0.2, 0.25) is 0 Å². The van der Waals surface area contributed by atoms with Gasteiger partial charge in [-0.1, -0.05) is 6.07 Å². The van der Waals surface area contributed by atoms with E-state index in [4.69, 9.17) is 4.74 Å². The van der Waals surface area contributed by atoms with Crippen LogP contribution in [0, 0.1) is 0 Å². The highest BCUT2D eigenvalue weighted by Gasteiger charge is 1.93. The van der Waals surface area contributed by atoms with Crippen LogP contribution in [0.1, 0.15) is 6.42 Å². The monoisotopic (exact) mass is 183 g/mol. The number of nitrogens with one attached hydrogen (secondary N) is 1. The normalized spacial score (nSPS) is 9.69. The van der Waals surface area contributed by atoms with E-state index in [1.54, 1.807) is 7.11 Å². The van der Waals surface area contributed by atoms with Gasteiger partial charge in [0.15, 0.2) is 0 Å². The molecule has 0 atom stereocenters. The van der Waals surface area contributed by atoms with Crippen molar-refractivity contribution >= 4 is 5.69 Å². The van der Waals surface area contributed by atoms with E-state index in [0.717, 1.165) is 11.4 Å². The number of hydrogen-bond donors (Lipinski definition) is 1. The van der Waals surface area contributed by atoms with Crippen molar-refractivity contribution in [1.29, 1.82) is 0 Å². The van der Waals surface area contributed by atoms with Gasteiger partial charge in [-0.2, -0.15) is 0 Å². The van der Waals surface area contributed by atoms with Crippen LogP contribution in [0.4, 0.5) is 10.1 Å². The van der Waals surface area contributed by atoms with Gasteiger partial charge in [0.25, 0.3) is 0 Å². The van der Waals surface area contributed by atoms with Gasteiger partial charge in [0, 0.05) is 18.3 Å². The Morgan fingerprint density at radius 3 is 3.00 bits per heavy atom. The van der Waals surface area contributed by atoms with Crippen molar-refractivity contribution < 1.29 is 9.13 Å². The van der Waals surface area contributed by atoms with Gasteiger partial charge in [-0.15, -0.1) is 0 Å². The summed E-state index contributed by atoms with van der Waals surface area (Å²) in [6, 6.07) is 7.59. The fourth-order valence-corrected chi connectivity index (χ4v) is 1.03. The Labute approximate surface area is 77.7 Å². The molecule has 1 N–H and O–H groups in total. The standard InChI is InChI=1S/C10H14FNO/c1-13-10-5-2-4-9(8-10)12-7-3-6-11/h2,4-5,8,12H,3,6-7H2,1H3. The molecule has 0 saturated heterocycles. The second-order valence-electron chi connectivity index (χ2n) is 2.70. The molecule has 0 heterocycles. The first-order valence-electron chi connectivity index (χ1n) is 4.30. The van der Waals surface area contributed by atoms with E-state index >= 15 is 0 Å². The Balaban J connectivity index is 2.46. The zero-order chi connectivity index (χ0) is 9.52. The maximum atomic E-state index is 11.8. The van der Waals surface area contributed by atoms with Crippen LogP contribution in [0.5, 0.6) is 5.75 Å². The average molecular weight is 183 g/mol. The van der Waals surface area contributed by atoms with Gasteiger partial charge >= 0.3 is 0 Å². The molecule has 0 aromatic heterocycles. The Kier molecular flexibility index (Phi) is 4.09. The number of hydrogen-bond acceptors (Lipinski definition) is 2. The van der Waals surface area contributed by atoms with Gasteiger partial charge in [-0.25, -0.2) is 0 Å². The summed E-state index contributed by atoms with van der Waals surface area (Å²) in [5, 5.41) is 3.10. The van der Waals surface area contributed by atoms with E-state index in [-0.39, 0.29) is 6.67 Å². The molecule has 0 radical (unpaired) electrons. The fourth-order valence-electron chi connectivity index (χ4n) is 1.03. The molecule has 0 fully saturated rings. The molecule has 0 aliphatic heterocycles. The molecule has 72 valence electrons. The second kappa shape index (κ2) is 5.41. The summed E-state index contributed by atoms with van der Waals surface area (Å²) in [5.74, 6) is 0.810.